The number of nitrogens with one attached hydrogen (secondary N) is 2. The highest BCUT2D eigenvalue weighted by Gasteiger charge is 2.16. The number of anilines is 1. The van der Waals surface area contributed by atoms with Crippen LogP contribution in [-0.2, 0) is 4.74 Å². The molecule has 21 heavy (non-hydrogen) atoms. The number of ether oxygens (including phenoxy) is 2. The third-order valence-corrected chi connectivity index (χ3v) is 3.62. The lowest BCUT2D eigenvalue weighted by molar-refractivity contribution is -0.908. The summed E-state index contributed by atoms with van der Waals surface area (Å²) in [4.78, 5) is 12.2. The topological polar surface area (TPSA) is 78.1 Å². The summed E-state index contributed by atoms with van der Waals surface area (Å²) < 4.78 is 10.3. The minimum Gasteiger partial charge on any atom is -0.496 e. The molecule has 0 radical (unpaired) electrons. The Labute approximate surface area is 124 Å². The lowest BCUT2D eigenvalue weighted by atomic mass is 10.2. The van der Waals surface area contributed by atoms with Crippen molar-refractivity contribution in [2.45, 2.75) is 6.42 Å². The highest BCUT2D eigenvalue weighted by molar-refractivity contribution is 5.63. The summed E-state index contributed by atoms with van der Waals surface area (Å²) in [5.74, 6) is 0.491. The molecular weight excluding hydrogens is 274 g/mol. The molecule has 1 aromatic carbocycles. The molecule has 1 fully saturated rings. The van der Waals surface area contributed by atoms with Crippen LogP contribution in [0.5, 0.6) is 5.75 Å². The quantitative estimate of drug-likeness (QED) is 0.430. The summed E-state index contributed by atoms with van der Waals surface area (Å²) >= 11 is 0. The van der Waals surface area contributed by atoms with Crippen LogP contribution in [-0.4, -0.2) is 51.4 Å². The summed E-state index contributed by atoms with van der Waals surface area (Å²) in [6, 6.07) is 4.86. The van der Waals surface area contributed by atoms with Crippen LogP contribution in [0.25, 0.3) is 0 Å². The highest BCUT2D eigenvalue weighted by Crippen LogP contribution is 2.28. The molecule has 0 unspecified atom stereocenters. The second-order valence-electron chi connectivity index (χ2n) is 5.03. The molecule has 0 bridgehead atoms. The number of nitrogens with zero attached hydrogens (tertiary/aromatic N) is 1. The van der Waals surface area contributed by atoms with E-state index in [1.54, 1.807) is 12.1 Å². The van der Waals surface area contributed by atoms with Gasteiger partial charge in [-0.1, -0.05) is 0 Å². The normalized spacial score (nSPS) is 15.7. The summed E-state index contributed by atoms with van der Waals surface area (Å²) in [5, 5.41) is 14.2. The van der Waals surface area contributed by atoms with Crippen molar-refractivity contribution in [1.29, 1.82) is 0 Å². The minimum atomic E-state index is -0.391. The Kier molecular flexibility index (Phi) is 5.77. The lowest BCUT2D eigenvalue weighted by Crippen LogP contribution is -3.14. The van der Waals surface area contributed by atoms with Crippen molar-refractivity contribution in [3.63, 3.8) is 0 Å². The van der Waals surface area contributed by atoms with Crippen molar-refractivity contribution in [2.24, 2.45) is 0 Å². The van der Waals surface area contributed by atoms with Gasteiger partial charge in [0.15, 0.2) is 0 Å². The number of quaternary nitrogens is 1. The molecule has 2 N–H and O–H groups in total. The van der Waals surface area contributed by atoms with Crippen LogP contribution in [0.2, 0.25) is 0 Å². The van der Waals surface area contributed by atoms with Gasteiger partial charge in [-0.2, -0.15) is 0 Å². The maximum atomic E-state index is 11.1. The standard InChI is InChI=1S/C14H21N3O4/c1-20-12-3-4-13(14(11-12)17(18)19)15-5-2-6-16-7-9-21-10-8-16/h3-4,11,15H,2,5-10H2,1H3/p+1. The van der Waals surface area contributed by atoms with Crippen LogP contribution in [0.1, 0.15) is 6.42 Å². The Morgan fingerprint density at radius 2 is 2.19 bits per heavy atom. The van der Waals surface area contributed by atoms with Gasteiger partial charge in [-0.25, -0.2) is 0 Å². The van der Waals surface area contributed by atoms with E-state index in [9.17, 15) is 10.1 Å². The van der Waals surface area contributed by atoms with Crippen molar-refractivity contribution in [3.05, 3.63) is 28.3 Å². The largest absolute Gasteiger partial charge is 0.496 e. The molecule has 0 spiro atoms. The smallest absolute Gasteiger partial charge is 0.296 e. The van der Waals surface area contributed by atoms with Gasteiger partial charge in [0.25, 0.3) is 5.69 Å². The predicted octanol–water partition coefficient (Wildman–Crippen LogP) is 0.321. The first-order valence-electron chi connectivity index (χ1n) is 7.18. The van der Waals surface area contributed by atoms with Crippen LogP contribution in [0.15, 0.2) is 18.2 Å². The summed E-state index contributed by atoms with van der Waals surface area (Å²) in [6.45, 7) is 5.52. The first-order chi connectivity index (χ1) is 10.2. The zero-order chi connectivity index (χ0) is 15.1. The van der Waals surface area contributed by atoms with Crippen molar-refractivity contribution in [3.8, 4) is 5.75 Å². The molecule has 7 nitrogen and oxygen atoms in total. The number of benzene rings is 1. The van der Waals surface area contributed by atoms with Crippen LogP contribution in [0.4, 0.5) is 11.4 Å². The molecule has 1 aliphatic rings. The van der Waals surface area contributed by atoms with Gasteiger partial charge in [0.2, 0.25) is 0 Å². The number of rotatable bonds is 7. The maximum Gasteiger partial charge on any atom is 0.296 e. The van der Waals surface area contributed by atoms with Crippen LogP contribution in [0, 0.1) is 10.1 Å². The SMILES string of the molecule is COc1ccc(NCCC[NH+]2CCOCC2)c([N+](=O)[O-])c1. The number of hydrogen-bond acceptors (Lipinski definition) is 5. The number of methoxy groups -OCH3 is 1. The zero-order valence-electron chi connectivity index (χ0n) is 12.3. The third-order valence-electron chi connectivity index (χ3n) is 3.62. The molecule has 2 rings (SSSR count). The van der Waals surface area contributed by atoms with Crippen molar-refractivity contribution >= 4 is 11.4 Å². The fourth-order valence-corrected chi connectivity index (χ4v) is 2.41. The third kappa shape index (κ3) is 4.57. The van der Waals surface area contributed by atoms with Crippen LogP contribution in [0.3, 0.4) is 0 Å². The van der Waals surface area contributed by atoms with Crippen molar-refractivity contribution < 1.29 is 19.3 Å². The number of nitro benzene ring substituents is 1. The van der Waals surface area contributed by atoms with E-state index in [0.717, 1.165) is 45.8 Å². The number of morpholine rings is 1. The van der Waals surface area contributed by atoms with Gasteiger partial charge in [0, 0.05) is 13.0 Å². The Morgan fingerprint density at radius 3 is 2.86 bits per heavy atom. The van der Waals surface area contributed by atoms with E-state index in [-0.39, 0.29) is 5.69 Å². The Hall–Kier alpha value is -1.86. The molecule has 116 valence electrons. The first kappa shape index (κ1) is 15.5. The molecule has 1 aliphatic heterocycles. The molecule has 7 heteroatoms. The molecule has 0 atom stereocenters. The fraction of sp³-hybridized carbons (Fsp3) is 0.571. The Balaban J connectivity index is 1.83. The molecule has 0 aliphatic carbocycles. The summed E-state index contributed by atoms with van der Waals surface area (Å²) in [7, 11) is 1.50. The number of hydrogen-bond donors (Lipinski definition) is 2. The molecule has 0 aromatic heterocycles. The van der Waals surface area contributed by atoms with Gasteiger partial charge in [-0.05, 0) is 12.1 Å². The van der Waals surface area contributed by atoms with E-state index in [1.165, 1.54) is 18.1 Å². The van der Waals surface area contributed by atoms with Crippen molar-refractivity contribution in [1.82, 2.24) is 0 Å². The molecule has 1 aromatic rings. The van der Waals surface area contributed by atoms with Gasteiger partial charge in [0.05, 0.1) is 37.9 Å². The van der Waals surface area contributed by atoms with Crippen LogP contribution >= 0.6 is 0 Å². The van der Waals surface area contributed by atoms with E-state index >= 15 is 0 Å². The molecule has 1 heterocycles. The summed E-state index contributed by atoms with van der Waals surface area (Å²) in [6.07, 6.45) is 0.971. The Bertz CT molecular complexity index is 475. The molecule has 0 saturated carbocycles. The van der Waals surface area contributed by atoms with E-state index in [4.69, 9.17) is 9.47 Å². The number of nitro groups is 1. The average molecular weight is 296 g/mol. The zero-order valence-corrected chi connectivity index (χ0v) is 12.3. The van der Waals surface area contributed by atoms with Gasteiger partial charge in [0.1, 0.15) is 24.5 Å². The molecule has 0 amide bonds. The predicted molar refractivity (Wildman–Crippen MR) is 79.1 cm³/mol. The van der Waals surface area contributed by atoms with Crippen molar-refractivity contribution in [2.75, 3.05) is 51.8 Å². The van der Waals surface area contributed by atoms with Gasteiger partial charge < -0.3 is 19.7 Å². The first-order valence-corrected chi connectivity index (χ1v) is 7.18. The second-order valence-corrected chi connectivity index (χ2v) is 5.03. The van der Waals surface area contributed by atoms with E-state index in [2.05, 4.69) is 5.32 Å². The van der Waals surface area contributed by atoms with Gasteiger partial charge in [-0.3, -0.25) is 10.1 Å². The summed E-state index contributed by atoms with van der Waals surface area (Å²) in [5.41, 5.74) is 0.589. The molecule has 1 saturated heterocycles. The monoisotopic (exact) mass is 296 g/mol. The highest BCUT2D eigenvalue weighted by atomic mass is 16.6. The van der Waals surface area contributed by atoms with Gasteiger partial charge in [-0.15, -0.1) is 0 Å². The van der Waals surface area contributed by atoms with E-state index < -0.39 is 4.92 Å². The lowest BCUT2D eigenvalue weighted by Gasteiger charge is -2.23. The van der Waals surface area contributed by atoms with E-state index in [0.29, 0.717) is 11.4 Å². The Morgan fingerprint density at radius 1 is 1.43 bits per heavy atom. The maximum absolute atomic E-state index is 11.1. The van der Waals surface area contributed by atoms with Crippen LogP contribution < -0.4 is 15.0 Å². The van der Waals surface area contributed by atoms with Gasteiger partial charge >= 0.3 is 0 Å². The average Bonchev–Trinajstić information content (AvgIpc) is 2.52. The fourth-order valence-electron chi connectivity index (χ4n) is 2.41. The molecular formula is C14H22N3O4+. The van der Waals surface area contributed by atoms with E-state index in [1.807, 2.05) is 0 Å². The second kappa shape index (κ2) is 7.80. The minimum absolute atomic E-state index is 0.0491.